The normalized spacial score (nSPS) is 16.1. The van der Waals surface area contributed by atoms with Gasteiger partial charge in [0.25, 0.3) is 23.6 Å². The molecular formula is C52H57N5O10S2. The molecule has 69 heavy (non-hydrogen) atoms. The van der Waals surface area contributed by atoms with Gasteiger partial charge in [-0.1, -0.05) is 58.0 Å². The largest absolute Gasteiger partial charge is 0.493 e. The monoisotopic (exact) mass is 975 g/mol. The Bertz CT molecular complexity index is 2650. The molecule has 0 saturated carbocycles. The Morgan fingerprint density at radius 3 is 2.17 bits per heavy atom. The number of imide groups is 1. The second kappa shape index (κ2) is 21.9. The average Bonchev–Trinajstić information content (AvgIpc) is 4.02. The van der Waals surface area contributed by atoms with Crippen LogP contribution in [-0.2, 0) is 32.1 Å². The van der Waals surface area contributed by atoms with Gasteiger partial charge in [0.2, 0.25) is 0 Å². The van der Waals surface area contributed by atoms with E-state index in [4.69, 9.17) is 23.8 Å². The number of aliphatic imine (C=N–C) groups is 1. The van der Waals surface area contributed by atoms with Crippen molar-refractivity contribution in [2.45, 2.75) is 82.4 Å². The number of anilines is 3. The molecule has 0 N–H and O–H groups in total. The summed E-state index contributed by atoms with van der Waals surface area (Å²) in [6.45, 7) is 10.5. The fraction of sp³-hybridized carbons (Fsp3) is 0.404. The van der Waals surface area contributed by atoms with Crippen molar-refractivity contribution < 1.29 is 47.8 Å². The van der Waals surface area contributed by atoms with E-state index in [2.05, 4.69) is 42.3 Å². The number of methoxy groups -OCH3 is 2. The zero-order chi connectivity index (χ0) is 48.7. The molecule has 0 aromatic heterocycles. The van der Waals surface area contributed by atoms with Gasteiger partial charge in [0.05, 0.1) is 56.0 Å². The van der Waals surface area contributed by atoms with Crippen molar-refractivity contribution in [2.24, 2.45) is 4.99 Å². The molecule has 4 aliphatic heterocycles. The average molecular weight is 976 g/mol. The Morgan fingerprint density at radius 1 is 0.797 bits per heavy atom. The minimum Gasteiger partial charge on any atom is -0.493 e. The summed E-state index contributed by atoms with van der Waals surface area (Å²) in [7, 11) is 6.47. The summed E-state index contributed by atoms with van der Waals surface area (Å²) < 4.78 is 23.9. The number of ether oxygens (including phenoxy) is 4. The molecule has 0 aliphatic carbocycles. The molecule has 4 aromatic rings. The fourth-order valence-electron chi connectivity index (χ4n) is 9.15. The van der Waals surface area contributed by atoms with Crippen LogP contribution >= 0.6 is 21.6 Å². The number of carbonyl (C=O) groups is 5. The number of hydrogen-bond donors (Lipinski definition) is 0. The number of nitrogens with zero attached hydrogens (tertiary/aromatic N) is 5. The van der Waals surface area contributed by atoms with Gasteiger partial charge >= 0.3 is 5.97 Å². The predicted octanol–water partition coefficient (Wildman–Crippen LogP) is 8.96. The van der Waals surface area contributed by atoms with Gasteiger partial charge < -0.3 is 38.5 Å². The molecule has 4 aliphatic rings. The minimum atomic E-state index is -0.605. The summed E-state index contributed by atoms with van der Waals surface area (Å²) >= 11 is 0. The summed E-state index contributed by atoms with van der Waals surface area (Å²) in [5.74, 6) is 3.27. The van der Waals surface area contributed by atoms with Crippen molar-refractivity contribution in [3.05, 3.63) is 102 Å². The van der Waals surface area contributed by atoms with Crippen LogP contribution in [0.4, 0.5) is 22.7 Å². The summed E-state index contributed by atoms with van der Waals surface area (Å²) in [4.78, 5) is 79.8. The molecule has 15 nitrogen and oxygen atoms in total. The highest BCUT2D eigenvalue weighted by atomic mass is 33.1. The second-order valence-electron chi connectivity index (χ2n) is 17.8. The van der Waals surface area contributed by atoms with E-state index in [1.165, 1.54) is 0 Å². The molecule has 4 aromatic carbocycles. The molecule has 1 atom stereocenters. The summed E-state index contributed by atoms with van der Waals surface area (Å²) in [5, 5.41) is 0.585. The Balaban J connectivity index is 0.890. The van der Waals surface area contributed by atoms with Gasteiger partial charge in [0, 0.05) is 72.9 Å². The molecule has 362 valence electrons. The van der Waals surface area contributed by atoms with Gasteiger partial charge in [-0.15, -0.1) is 5.06 Å². The van der Waals surface area contributed by atoms with Crippen LogP contribution in [0.25, 0.3) is 0 Å². The molecule has 0 bridgehead atoms. The first-order valence-electron chi connectivity index (χ1n) is 23.3. The maximum atomic E-state index is 14.6. The third-order valence-corrected chi connectivity index (χ3v) is 15.7. The fourth-order valence-corrected chi connectivity index (χ4v) is 11.7. The van der Waals surface area contributed by atoms with Crippen LogP contribution in [0.15, 0.2) is 84.4 Å². The Kier molecular flexibility index (Phi) is 15.6. The maximum Gasteiger partial charge on any atom is 0.333 e. The zero-order valence-electron chi connectivity index (χ0n) is 39.5. The Morgan fingerprint density at radius 2 is 1.46 bits per heavy atom. The highest BCUT2D eigenvalue weighted by Crippen LogP contribution is 2.45. The summed E-state index contributed by atoms with van der Waals surface area (Å²) in [6.07, 6.45) is 4.46. The van der Waals surface area contributed by atoms with E-state index < -0.39 is 17.8 Å². The van der Waals surface area contributed by atoms with E-state index in [0.717, 1.165) is 60.3 Å². The lowest BCUT2D eigenvalue weighted by atomic mass is 10.1. The predicted molar refractivity (Wildman–Crippen MR) is 269 cm³/mol. The first-order chi connectivity index (χ1) is 33.4. The van der Waals surface area contributed by atoms with Crippen LogP contribution in [0.3, 0.4) is 0 Å². The number of amides is 4. The first kappa shape index (κ1) is 49.0. The van der Waals surface area contributed by atoms with E-state index in [9.17, 15) is 24.0 Å². The third kappa shape index (κ3) is 11.1. The molecule has 1 saturated heterocycles. The lowest BCUT2D eigenvalue weighted by Crippen LogP contribution is -2.45. The van der Waals surface area contributed by atoms with E-state index >= 15 is 0 Å². The standard InChI is InChI=1S/C52H57N5O10S2/c1-6-53-39-30-45(43(63-4)28-37(39)50(61)55-23-22-34-15-8-10-17-40(34)55)65-24-12-7-13-25-66-46-31-42-38(29-44(46)64-5)51(62)56-36(27-35-16-9-11-18-41(35)56)32-54(42)33-52(2,3)69-68-26-14-19-49(60)67-57-47(58)20-21-48(57)59/h8-11,15-18,28-31,36H,1,7,12-14,19-27,32-33H2,2-5H3/t36-/m0/s1. The van der Waals surface area contributed by atoms with Gasteiger partial charge in [-0.3, -0.25) is 19.2 Å². The zero-order valence-corrected chi connectivity index (χ0v) is 41.1. The number of benzene rings is 4. The molecular weight excluding hydrogens is 919 g/mol. The van der Waals surface area contributed by atoms with Crippen molar-refractivity contribution in [1.82, 2.24) is 5.06 Å². The Hall–Kier alpha value is -6.42. The van der Waals surface area contributed by atoms with Gasteiger partial charge in [-0.25, -0.2) is 9.79 Å². The molecule has 4 amide bonds. The Labute approximate surface area is 410 Å². The lowest BCUT2D eigenvalue weighted by Gasteiger charge is -2.35. The number of hydrogen-bond acceptors (Lipinski definition) is 14. The van der Waals surface area contributed by atoms with Crippen LogP contribution in [-0.4, -0.2) is 104 Å². The van der Waals surface area contributed by atoms with Crippen molar-refractivity contribution in [2.75, 3.05) is 67.5 Å². The number of para-hydroxylation sites is 2. The van der Waals surface area contributed by atoms with Crippen LogP contribution in [0.1, 0.15) is 90.6 Å². The molecule has 17 heteroatoms. The van der Waals surface area contributed by atoms with Crippen molar-refractivity contribution in [3.8, 4) is 23.0 Å². The van der Waals surface area contributed by atoms with Crippen LogP contribution in [0.5, 0.6) is 23.0 Å². The van der Waals surface area contributed by atoms with Crippen molar-refractivity contribution >= 4 is 79.8 Å². The number of hydroxylamine groups is 2. The first-order valence-corrected chi connectivity index (χ1v) is 25.6. The van der Waals surface area contributed by atoms with Gasteiger partial charge in [-0.05, 0) is 100 Å². The van der Waals surface area contributed by atoms with Crippen LogP contribution in [0, 0.1) is 0 Å². The number of fused-ring (bicyclic) bond motifs is 5. The third-order valence-electron chi connectivity index (χ3n) is 12.4. The molecule has 8 rings (SSSR count). The second-order valence-corrected chi connectivity index (χ2v) is 20.9. The number of unbranched alkanes of at least 4 members (excludes halogenated alkanes) is 2. The van der Waals surface area contributed by atoms with Gasteiger partial charge in [0.15, 0.2) is 23.0 Å². The van der Waals surface area contributed by atoms with Gasteiger partial charge in [0.1, 0.15) is 0 Å². The van der Waals surface area contributed by atoms with Crippen LogP contribution in [0.2, 0.25) is 0 Å². The SMILES string of the molecule is C=C=Nc1cc(OCCCCCOc2cc3c(cc2OC)C(=O)N2c4ccccc4C[C@H]2CN3CC(C)(C)SSCCCC(=O)ON2C(=O)CCC2=O)c(OC)cc1C(=O)N1CCc2ccccc21. The highest BCUT2D eigenvalue weighted by Gasteiger charge is 2.41. The van der Waals surface area contributed by atoms with E-state index in [1.807, 2.05) is 53.4 Å². The van der Waals surface area contributed by atoms with E-state index in [1.54, 1.807) is 58.9 Å². The van der Waals surface area contributed by atoms with Gasteiger partial charge in [-0.2, -0.15) is 0 Å². The topological polar surface area (TPSA) is 157 Å². The minimum absolute atomic E-state index is 0.0555. The van der Waals surface area contributed by atoms with Crippen LogP contribution < -0.4 is 33.6 Å². The number of carbonyl (C=O) groups excluding carboxylic acids is 5. The molecule has 0 unspecified atom stereocenters. The van der Waals surface area contributed by atoms with Crippen molar-refractivity contribution in [1.29, 1.82) is 0 Å². The summed E-state index contributed by atoms with van der Waals surface area (Å²) in [6, 6.07) is 23.0. The summed E-state index contributed by atoms with van der Waals surface area (Å²) in [5.41, 5.74) is 6.16. The van der Waals surface area contributed by atoms with Crippen molar-refractivity contribution in [3.63, 3.8) is 0 Å². The molecule has 1 fully saturated rings. The lowest BCUT2D eigenvalue weighted by molar-refractivity contribution is -0.197. The molecule has 0 spiro atoms. The molecule has 0 radical (unpaired) electrons. The maximum absolute atomic E-state index is 14.6. The quantitative estimate of drug-likeness (QED) is 0.0338. The van der Waals surface area contributed by atoms with E-state index in [-0.39, 0.29) is 41.9 Å². The molecule has 4 heterocycles. The van der Waals surface area contributed by atoms with E-state index in [0.29, 0.717) is 89.9 Å². The number of rotatable bonds is 21. The highest BCUT2D eigenvalue weighted by molar-refractivity contribution is 8.77. The smallest absolute Gasteiger partial charge is 0.333 e.